The highest BCUT2D eigenvalue weighted by atomic mass is 35.5. The summed E-state index contributed by atoms with van der Waals surface area (Å²) in [6.45, 7) is 2.17. The van der Waals surface area contributed by atoms with Gasteiger partial charge in [-0.2, -0.15) is 13.2 Å². The molecule has 20 heavy (non-hydrogen) atoms. The van der Waals surface area contributed by atoms with Crippen LogP contribution in [0.1, 0.15) is 44.6 Å². The molecule has 1 fully saturated rings. The Morgan fingerprint density at radius 3 is 2.40 bits per heavy atom. The Balaban J connectivity index is 2.10. The van der Waals surface area contributed by atoms with E-state index in [2.05, 4.69) is 12.2 Å². The van der Waals surface area contributed by atoms with Gasteiger partial charge in [-0.05, 0) is 49.8 Å². The van der Waals surface area contributed by atoms with E-state index in [0.717, 1.165) is 44.1 Å². The fraction of sp³-hybridized carbons (Fsp3) is 0.600. The van der Waals surface area contributed by atoms with Crippen molar-refractivity contribution in [2.24, 2.45) is 5.92 Å². The van der Waals surface area contributed by atoms with Gasteiger partial charge in [0, 0.05) is 16.8 Å². The van der Waals surface area contributed by atoms with E-state index in [1.54, 1.807) is 0 Å². The third-order valence-corrected chi connectivity index (χ3v) is 4.31. The molecule has 1 aliphatic carbocycles. The normalized spacial score (nSPS) is 23.6. The van der Waals surface area contributed by atoms with Gasteiger partial charge in [0.15, 0.2) is 0 Å². The molecule has 112 valence electrons. The molecule has 0 atom stereocenters. The molecule has 1 N–H and O–H groups in total. The molecule has 0 saturated heterocycles. The van der Waals surface area contributed by atoms with Crippen molar-refractivity contribution in [2.75, 3.05) is 5.32 Å². The lowest BCUT2D eigenvalue weighted by atomic mass is 9.84. The fourth-order valence-corrected chi connectivity index (χ4v) is 2.98. The van der Waals surface area contributed by atoms with E-state index < -0.39 is 11.7 Å². The Morgan fingerprint density at radius 2 is 1.85 bits per heavy atom. The van der Waals surface area contributed by atoms with Crippen molar-refractivity contribution >= 4 is 17.3 Å². The molecule has 0 bridgehead atoms. The van der Waals surface area contributed by atoms with Gasteiger partial charge in [0.25, 0.3) is 0 Å². The summed E-state index contributed by atoms with van der Waals surface area (Å²) in [7, 11) is 0. The predicted molar refractivity (Wildman–Crippen MR) is 76.1 cm³/mol. The largest absolute Gasteiger partial charge is 0.418 e. The molecular weight excluding hydrogens is 287 g/mol. The molecule has 0 unspecified atom stereocenters. The topological polar surface area (TPSA) is 12.0 Å². The SMILES string of the molecule is CCC1CCC(Nc2ccc(Cl)cc2C(F)(F)F)CC1. The maximum absolute atomic E-state index is 13.0. The molecule has 1 aromatic carbocycles. The van der Waals surface area contributed by atoms with Crippen molar-refractivity contribution in [3.8, 4) is 0 Å². The zero-order valence-corrected chi connectivity index (χ0v) is 12.2. The van der Waals surface area contributed by atoms with E-state index in [9.17, 15) is 13.2 Å². The molecule has 0 amide bonds. The van der Waals surface area contributed by atoms with Gasteiger partial charge in [-0.15, -0.1) is 0 Å². The zero-order valence-electron chi connectivity index (χ0n) is 11.4. The second-order valence-electron chi connectivity index (χ2n) is 5.46. The maximum Gasteiger partial charge on any atom is 0.418 e. The lowest BCUT2D eigenvalue weighted by Gasteiger charge is -2.30. The summed E-state index contributed by atoms with van der Waals surface area (Å²) < 4.78 is 39.0. The Bertz CT molecular complexity index is 451. The molecule has 2 rings (SSSR count). The van der Waals surface area contributed by atoms with E-state index in [1.807, 2.05) is 0 Å². The van der Waals surface area contributed by atoms with Crippen LogP contribution in [0, 0.1) is 5.92 Å². The summed E-state index contributed by atoms with van der Waals surface area (Å²) in [6, 6.07) is 4.04. The molecular formula is C15H19ClF3N. The van der Waals surface area contributed by atoms with Crippen LogP contribution >= 0.6 is 11.6 Å². The van der Waals surface area contributed by atoms with Crippen molar-refractivity contribution in [3.63, 3.8) is 0 Å². The summed E-state index contributed by atoms with van der Waals surface area (Å²) in [5, 5.41) is 3.16. The molecule has 1 nitrogen and oxygen atoms in total. The first-order valence-electron chi connectivity index (χ1n) is 7.03. The molecule has 1 saturated carbocycles. The Morgan fingerprint density at radius 1 is 1.20 bits per heavy atom. The minimum absolute atomic E-state index is 0.109. The summed E-state index contributed by atoms with van der Waals surface area (Å²) in [4.78, 5) is 0. The smallest absolute Gasteiger partial charge is 0.382 e. The van der Waals surface area contributed by atoms with Crippen LogP contribution in [-0.2, 0) is 6.18 Å². The van der Waals surface area contributed by atoms with Gasteiger partial charge >= 0.3 is 6.18 Å². The first-order valence-corrected chi connectivity index (χ1v) is 7.41. The highest BCUT2D eigenvalue weighted by Crippen LogP contribution is 2.38. The molecule has 0 heterocycles. The average Bonchev–Trinajstić information content (AvgIpc) is 2.40. The molecule has 1 aliphatic rings. The number of anilines is 1. The van der Waals surface area contributed by atoms with Gasteiger partial charge in [0.05, 0.1) is 5.56 Å². The number of halogens is 4. The zero-order chi connectivity index (χ0) is 14.8. The van der Waals surface area contributed by atoms with Gasteiger partial charge < -0.3 is 5.32 Å². The van der Waals surface area contributed by atoms with Gasteiger partial charge in [-0.25, -0.2) is 0 Å². The summed E-state index contributed by atoms with van der Waals surface area (Å²) in [5.74, 6) is 0.723. The third-order valence-electron chi connectivity index (χ3n) is 4.07. The molecule has 0 aliphatic heterocycles. The quantitative estimate of drug-likeness (QED) is 0.751. The minimum atomic E-state index is -4.38. The van der Waals surface area contributed by atoms with Crippen LogP contribution in [0.25, 0.3) is 0 Å². The van der Waals surface area contributed by atoms with Crippen molar-refractivity contribution < 1.29 is 13.2 Å². The summed E-state index contributed by atoms with van der Waals surface area (Å²) >= 11 is 5.68. The molecule has 5 heteroatoms. The van der Waals surface area contributed by atoms with E-state index in [-0.39, 0.29) is 16.8 Å². The van der Waals surface area contributed by atoms with Gasteiger partial charge in [0.1, 0.15) is 0 Å². The van der Waals surface area contributed by atoms with E-state index in [0.29, 0.717) is 0 Å². The number of rotatable bonds is 3. The van der Waals surface area contributed by atoms with Gasteiger partial charge in [-0.1, -0.05) is 24.9 Å². The number of hydrogen-bond acceptors (Lipinski definition) is 1. The predicted octanol–water partition coefficient (Wildman–Crippen LogP) is 5.74. The number of alkyl halides is 3. The van der Waals surface area contributed by atoms with Crippen molar-refractivity contribution in [1.29, 1.82) is 0 Å². The molecule has 0 spiro atoms. The lowest BCUT2D eigenvalue weighted by Crippen LogP contribution is -2.27. The van der Waals surface area contributed by atoms with E-state index >= 15 is 0 Å². The molecule has 0 aromatic heterocycles. The molecule has 0 radical (unpaired) electrons. The summed E-state index contributed by atoms with van der Waals surface area (Å²) in [6.07, 6.45) is 0.804. The van der Waals surface area contributed by atoms with Crippen LogP contribution in [0.15, 0.2) is 18.2 Å². The first kappa shape index (κ1) is 15.5. The second-order valence-corrected chi connectivity index (χ2v) is 5.89. The van der Waals surface area contributed by atoms with Crippen LogP contribution in [0.3, 0.4) is 0 Å². The summed E-state index contributed by atoms with van der Waals surface area (Å²) in [5.41, 5.74) is -0.538. The van der Waals surface area contributed by atoms with Crippen LogP contribution in [-0.4, -0.2) is 6.04 Å². The average molecular weight is 306 g/mol. The van der Waals surface area contributed by atoms with Crippen LogP contribution in [0.4, 0.5) is 18.9 Å². The minimum Gasteiger partial charge on any atom is -0.382 e. The monoisotopic (exact) mass is 305 g/mol. The standard InChI is InChI=1S/C15H19ClF3N/c1-2-10-3-6-12(7-4-10)20-14-8-5-11(16)9-13(14)15(17,18)19/h5,8-10,12,20H,2-4,6-7H2,1H3. The maximum atomic E-state index is 13.0. The first-order chi connectivity index (χ1) is 9.40. The lowest BCUT2D eigenvalue weighted by molar-refractivity contribution is -0.137. The second kappa shape index (κ2) is 6.25. The highest BCUT2D eigenvalue weighted by Gasteiger charge is 2.34. The van der Waals surface area contributed by atoms with E-state index in [1.165, 1.54) is 12.1 Å². The third kappa shape index (κ3) is 3.81. The Hall–Kier alpha value is -0.900. The highest BCUT2D eigenvalue weighted by molar-refractivity contribution is 6.30. The van der Waals surface area contributed by atoms with Crippen molar-refractivity contribution in [2.45, 2.75) is 51.2 Å². The van der Waals surface area contributed by atoms with Crippen LogP contribution in [0.5, 0.6) is 0 Å². The Labute approximate surface area is 122 Å². The fourth-order valence-electron chi connectivity index (χ4n) is 2.81. The van der Waals surface area contributed by atoms with Crippen LogP contribution in [0.2, 0.25) is 5.02 Å². The van der Waals surface area contributed by atoms with Gasteiger partial charge in [0.2, 0.25) is 0 Å². The number of benzene rings is 1. The van der Waals surface area contributed by atoms with Crippen molar-refractivity contribution in [1.82, 2.24) is 0 Å². The Kier molecular flexibility index (Phi) is 4.84. The van der Waals surface area contributed by atoms with Gasteiger partial charge in [-0.3, -0.25) is 0 Å². The number of hydrogen-bond donors (Lipinski definition) is 1. The van der Waals surface area contributed by atoms with Crippen molar-refractivity contribution in [3.05, 3.63) is 28.8 Å². The molecule has 1 aromatic rings. The number of nitrogens with one attached hydrogen (secondary N) is 1. The van der Waals surface area contributed by atoms with Crippen LogP contribution < -0.4 is 5.32 Å². The van der Waals surface area contributed by atoms with E-state index in [4.69, 9.17) is 11.6 Å².